The minimum Gasteiger partial charge on any atom is -0.495 e. The molecule has 0 spiro atoms. The average Bonchev–Trinajstić information content (AvgIpc) is 2.77. The van der Waals surface area contributed by atoms with Gasteiger partial charge in [-0.15, -0.1) is 0 Å². The van der Waals surface area contributed by atoms with Crippen LogP contribution in [0.1, 0.15) is 36.9 Å². The zero-order valence-corrected chi connectivity index (χ0v) is 18.6. The molecule has 2 aromatic carbocycles. The summed E-state index contributed by atoms with van der Waals surface area (Å²) in [6, 6.07) is 13.6. The number of benzene rings is 2. The van der Waals surface area contributed by atoms with Crippen LogP contribution < -0.4 is 15.4 Å². The normalized spacial score (nSPS) is 12.4. The molecule has 0 unspecified atom stereocenters. The molecule has 0 fully saturated rings. The van der Waals surface area contributed by atoms with Gasteiger partial charge in [0.15, 0.2) is 0 Å². The lowest BCUT2D eigenvalue weighted by molar-refractivity contribution is -0.145. The van der Waals surface area contributed by atoms with Crippen molar-refractivity contribution in [2.45, 2.75) is 38.3 Å². The molecule has 0 aliphatic rings. The molecule has 8 heteroatoms. The molecule has 7 nitrogen and oxygen atoms in total. The molecule has 0 aromatic heterocycles. The number of nitrogens with one attached hydrogen (secondary N) is 2. The molecule has 2 rings (SSSR count). The van der Waals surface area contributed by atoms with E-state index in [1.54, 1.807) is 18.2 Å². The fourth-order valence-electron chi connectivity index (χ4n) is 3.04. The van der Waals surface area contributed by atoms with Crippen LogP contribution in [0.15, 0.2) is 48.5 Å². The van der Waals surface area contributed by atoms with Gasteiger partial charge in [0.1, 0.15) is 11.8 Å². The van der Waals surface area contributed by atoms with Crippen LogP contribution in [0.2, 0.25) is 5.02 Å². The molecule has 31 heavy (non-hydrogen) atoms. The van der Waals surface area contributed by atoms with Crippen LogP contribution in [-0.4, -0.2) is 38.0 Å². The molecule has 2 N–H and O–H groups in total. The van der Waals surface area contributed by atoms with Gasteiger partial charge in [-0.2, -0.15) is 0 Å². The zero-order valence-electron chi connectivity index (χ0n) is 17.8. The van der Waals surface area contributed by atoms with Crippen LogP contribution in [0.5, 0.6) is 5.75 Å². The molecule has 0 aliphatic carbocycles. The van der Waals surface area contributed by atoms with Gasteiger partial charge in [-0.3, -0.25) is 9.59 Å². The molecule has 0 heterocycles. The smallest absolute Gasteiger partial charge is 0.328 e. The van der Waals surface area contributed by atoms with E-state index in [9.17, 15) is 14.4 Å². The number of rotatable bonds is 10. The van der Waals surface area contributed by atoms with Crippen molar-refractivity contribution in [3.05, 3.63) is 64.7 Å². The van der Waals surface area contributed by atoms with Crippen LogP contribution in [-0.2, 0) is 25.5 Å². The molecule has 2 amide bonds. The maximum atomic E-state index is 12.3. The van der Waals surface area contributed by atoms with Gasteiger partial charge in [0.2, 0.25) is 11.8 Å². The Bertz CT molecular complexity index is 904. The lowest BCUT2D eigenvalue weighted by Crippen LogP contribution is -2.43. The summed E-state index contributed by atoms with van der Waals surface area (Å²) < 4.78 is 9.91. The first kappa shape index (κ1) is 24.2. The molecule has 2 aromatic rings. The monoisotopic (exact) mass is 446 g/mol. The molecule has 0 saturated carbocycles. The van der Waals surface area contributed by atoms with Crippen molar-refractivity contribution in [1.82, 2.24) is 10.6 Å². The van der Waals surface area contributed by atoms with Crippen LogP contribution in [0, 0.1) is 0 Å². The first-order valence-electron chi connectivity index (χ1n) is 9.88. The maximum Gasteiger partial charge on any atom is 0.328 e. The minimum absolute atomic E-state index is 0.00522. The van der Waals surface area contributed by atoms with Crippen molar-refractivity contribution in [3.63, 3.8) is 0 Å². The van der Waals surface area contributed by atoms with E-state index < -0.39 is 17.9 Å². The third kappa shape index (κ3) is 7.61. The number of amides is 2. The molecule has 0 saturated heterocycles. The topological polar surface area (TPSA) is 93.7 Å². The zero-order chi connectivity index (χ0) is 22.8. The summed E-state index contributed by atoms with van der Waals surface area (Å²) in [5, 5.41) is 5.90. The highest BCUT2D eigenvalue weighted by Crippen LogP contribution is 2.25. The molecule has 0 radical (unpaired) electrons. The van der Waals surface area contributed by atoms with E-state index in [-0.39, 0.29) is 31.2 Å². The van der Waals surface area contributed by atoms with E-state index in [4.69, 9.17) is 21.1 Å². The second kappa shape index (κ2) is 12.0. The summed E-state index contributed by atoms with van der Waals surface area (Å²) in [6.07, 6.45) is 0.148. The van der Waals surface area contributed by atoms with Gasteiger partial charge >= 0.3 is 5.97 Å². The molecular weight excluding hydrogens is 420 g/mol. The number of carbonyl (C=O) groups excluding carboxylic acids is 3. The lowest BCUT2D eigenvalue weighted by atomic mass is 10.1. The number of carbonyl (C=O) groups is 3. The number of hydrogen-bond acceptors (Lipinski definition) is 5. The second-order valence-electron chi connectivity index (χ2n) is 7.02. The standard InChI is InChI=1S/C23H27ClN2O5/c1-15(17-7-5-4-6-8-17)25-21(27)11-12-22(28)26-19(23(29)31-3)14-16-9-10-20(30-2)18(24)13-16/h4-10,13,15,19H,11-12,14H2,1-3H3,(H,25,27)(H,26,28)/t15-,19+/m1/s1. The largest absolute Gasteiger partial charge is 0.495 e. The lowest BCUT2D eigenvalue weighted by Gasteiger charge is -2.18. The Labute approximate surface area is 187 Å². The van der Waals surface area contributed by atoms with E-state index >= 15 is 0 Å². The Hall–Kier alpha value is -3.06. The molecular formula is C23H27ClN2O5. The number of ether oxygens (including phenoxy) is 2. The van der Waals surface area contributed by atoms with Gasteiger partial charge in [0.25, 0.3) is 0 Å². The SMILES string of the molecule is COC(=O)[C@H](Cc1ccc(OC)c(Cl)c1)NC(=O)CCC(=O)N[C@H](C)c1ccccc1. The van der Waals surface area contributed by atoms with E-state index in [1.807, 2.05) is 37.3 Å². The van der Waals surface area contributed by atoms with Gasteiger partial charge in [0, 0.05) is 19.3 Å². The van der Waals surface area contributed by atoms with E-state index in [2.05, 4.69) is 10.6 Å². The highest BCUT2D eigenvalue weighted by molar-refractivity contribution is 6.32. The Morgan fingerprint density at radius 1 is 0.968 bits per heavy atom. The summed E-state index contributed by atoms with van der Waals surface area (Å²) in [7, 11) is 2.76. The molecule has 0 aliphatic heterocycles. The first-order chi connectivity index (χ1) is 14.8. The summed E-state index contributed by atoms with van der Waals surface area (Å²) in [6.45, 7) is 1.88. The fourth-order valence-corrected chi connectivity index (χ4v) is 3.32. The third-order valence-electron chi connectivity index (χ3n) is 4.73. The molecule has 166 valence electrons. The van der Waals surface area contributed by atoms with E-state index in [0.717, 1.165) is 11.1 Å². The highest BCUT2D eigenvalue weighted by atomic mass is 35.5. The Morgan fingerprint density at radius 3 is 2.19 bits per heavy atom. The Balaban J connectivity index is 1.89. The van der Waals surface area contributed by atoms with Gasteiger partial charge in [0.05, 0.1) is 25.3 Å². The predicted octanol–water partition coefficient (Wildman–Crippen LogP) is 3.21. The Kier molecular flexibility index (Phi) is 9.34. The van der Waals surface area contributed by atoms with Crippen LogP contribution >= 0.6 is 11.6 Å². The van der Waals surface area contributed by atoms with E-state index in [0.29, 0.717) is 10.8 Å². The summed E-state index contributed by atoms with van der Waals surface area (Å²) in [5.41, 5.74) is 1.71. The van der Waals surface area contributed by atoms with Gasteiger partial charge in [-0.25, -0.2) is 4.79 Å². The van der Waals surface area contributed by atoms with Crippen LogP contribution in [0.25, 0.3) is 0 Å². The number of hydrogen-bond donors (Lipinski definition) is 2. The third-order valence-corrected chi connectivity index (χ3v) is 5.03. The summed E-state index contributed by atoms with van der Waals surface area (Å²) in [4.78, 5) is 36.7. The van der Waals surface area contributed by atoms with Gasteiger partial charge in [-0.1, -0.05) is 48.0 Å². The minimum atomic E-state index is -0.895. The summed E-state index contributed by atoms with van der Waals surface area (Å²) in [5.74, 6) is -0.733. The average molecular weight is 447 g/mol. The second-order valence-corrected chi connectivity index (χ2v) is 7.42. The number of esters is 1. The van der Waals surface area contributed by atoms with Gasteiger partial charge in [-0.05, 0) is 30.2 Å². The fraction of sp³-hybridized carbons (Fsp3) is 0.348. The van der Waals surface area contributed by atoms with Crippen LogP contribution in [0.4, 0.5) is 0 Å². The van der Waals surface area contributed by atoms with E-state index in [1.165, 1.54) is 14.2 Å². The number of halogens is 1. The van der Waals surface area contributed by atoms with Gasteiger partial charge < -0.3 is 20.1 Å². The Morgan fingerprint density at radius 2 is 1.61 bits per heavy atom. The van der Waals surface area contributed by atoms with Crippen LogP contribution in [0.3, 0.4) is 0 Å². The number of methoxy groups -OCH3 is 2. The van der Waals surface area contributed by atoms with Crippen molar-refractivity contribution in [2.24, 2.45) is 0 Å². The van der Waals surface area contributed by atoms with Crippen molar-refractivity contribution >= 4 is 29.4 Å². The van der Waals surface area contributed by atoms with Crippen molar-refractivity contribution in [2.75, 3.05) is 14.2 Å². The van der Waals surface area contributed by atoms with Crippen molar-refractivity contribution in [1.29, 1.82) is 0 Å². The molecule has 2 atom stereocenters. The highest BCUT2D eigenvalue weighted by Gasteiger charge is 2.23. The van der Waals surface area contributed by atoms with Crippen molar-refractivity contribution < 1.29 is 23.9 Å². The van der Waals surface area contributed by atoms with Crippen molar-refractivity contribution in [3.8, 4) is 5.75 Å². The quantitative estimate of drug-likeness (QED) is 0.546. The predicted molar refractivity (Wildman–Crippen MR) is 118 cm³/mol. The maximum absolute atomic E-state index is 12.3. The summed E-state index contributed by atoms with van der Waals surface area (Å²) >= 11 is 6.13. The first-order valence-corrected chi connectivity index (χ1v) is 10.3. The molecule has 0 bridgehead atoms.